The Bertz CT molecular complexity index is 1140. The normalized spacial score (nSPS) is 16.9. The number of nitrogens with two attached hydrogens (primary N) is 1. The number of pyridine rings is 2. The van der Waals surface area contributed by atoms with E-state index in [1.54, 1.807) is 30.6 Å². The van der Waals surface area contributed by atoms with Gasteiger partial charge in [0.1, 0.15) is 17.3 Å². The van der Waals surface area contributed by atoms with Gasteiger partial charge in [-0.2, -0.15) is 0 Å². The zero-order valence-corrected chi connectivity index (χ0v) is 18.3. The Kier molecular flexibility index (Phi) is 5.08. The molecule has 2 aromatic heterocycles. The Morgan fingerprint density at radius 1 is 1.09 bits per heavy atom. The molecule has 0 aliphatic heterocycles. The summed E-state index contributed by atoms with van der Waals surface area (Å²) in [6, 6.07) is 10.9. The van der Waals surface area contributed by atoms with Crippen LogP contribution in [0.2, 0.25) is 0 Å². The molecule has 0 unspecified atom stereocenters. The van der Waals surface area contributed by atoms with Crippen LogP contribution in [0.25, 0.3) is 22.3 Å². The van der Waals surface area contributed by atoms with Crippen LogP contribution < -0.4 is 11.1 Å². The predicted molar refractivity (Wildman–Crippen MR) is 125 cm³/mol. The number of nitrogens with zero attached hydrogens (tertiary/aromatic N) is 2. The van der Waals surface area contributed by atoms with Gasteiger partial charge in [-0.05, 0) is 66.8 Å². The zero-order valence-electron chi connectivity index (χ0n) is 18.3. The maximum Gasteiger partial charge on any atom is 0.270 e. The van der Waals surface area contributed by atoms with Crippen LogP contribution in [0.1, 0.15) is 55.1 Å². The van der Waals surface area contributed by atoms with Crippen LogP contribution in [0, 0.1) is 5.41 Å². The lowest BCUT2D eigenvalue weighted by Crippen LogP contribution is -2.53. The van der Waals surface area contributed by atoms with E-state index in [1.165, 1.54) is 19.3 Å². The SMILES string of the molecule is CCc1c(-c2ccc(C(=O)NC3CC4(CCC4)C3)nc2)cnc(N)c1-c1ccc(O)cc1. The molecule has 2 fully saturated rings. The van der Waals surface area contributed by atoms with Crippen LogP contribution in [0.15, 0.2) is 48.8 Å². The number of amides is 1. The number of hydrogen-bond acceptors (Lipinski definition) is 5. The fourth-order valence-electron chi connectivity index (χ4n) is 5.25. The van der Waals surface area contributed by atoms with Crippen LogP contribution in [-0.4, -0.2) is 27.0 Å². The van der Waals surface area contributed by atoms with E-state index in [0.717, 1.165) is 47.1 Å². The molecule has 0 saturated heterocycles. The number of hydrogen-bond donors (Lipinski definition) is 3. The van der Waals surface area contributed by atoms with Crippen molar-refractivity contribution >= 4 is 11.7 Å². The first kappa shape index (κ1) is 20.5. The first-order valence-electron chi connectivity index (χ1n) is 11.3. The summed E-state index contributed by atoms with van der Waals surface area (Å²) in [5, 5.41) is 12.8. The lowest BCUT2D eigenvalue weighted by Gasteiger charge is -2.54. The Balaban J connectivity index is 1.38. The summed E-state index contributed by atoms with van der Waals surface area (Å²) >= 11 is 0. The van der Waals surface area contributed by atoms with E-state index in [2.05, 4.69) is 22.2 Å². The fraction of sp³-hybridized carbons (Fsp3) is 0.346. The molecule has 2 heterocycles. The molecule has 32 heavy (non-hydrogen) atoms. The van der Waals surface area contributed by atoms with Gasteiger partial charge in [-0.3, -0.25) is 9.78 Å². The lowest BCUT2D eigenvalue weighted by molar-refractivity contribution is -0.000700. The number of phenols is 1. The zero-order chi connectivity index (χ0) is 22.3. The molecular formula is C26H28N4O2. The van der Waals surface area contributed by atoms with Gasteiger partial charge in [0, 0.05) is 35.1 Å². The summed E-state index contributed by atoms with van der Waals surface area (Å²) < 4.78 is 0. The van der Waals surface area contributed by atoms with Gasteiger partial charge in [-0.1, -0.05) is 31.5 Å². The average Bonchev–Trinajstić information content (AvgIpc) is 2.75. The summed E-state index contributed by atoms with van der Waals surface area (Å²) in [5.74, 6) is 0.550. The maximum atomic E-state index is 12.6. The third-order valence-corrected chi connectivity index (χ3v) is 7.14. The highest BCUT2D eigenvalue weighted by Crippen LogP contribution is 2.55. The van der Waals surface area contributed by atoms with Gasteiger partial charge in [0.05, 0.1) is 0 Å². The molecule has 1 spiro atoms. The van der Waals surface area contributed by atoms with Crippen molar-refractivity contribution < 1.29 is 9.90 Å². The molecule has 4 N–H and O–H groups in total. The van der Waals surface area contributed by atoms with E-state index in [1.807, 2.05) is 18.2 Å². The third-order valence-electron chi connectivity index (χ3n) is 7.14. The summed E-state index contributed by atoms with van der Waals surface area (Å²) in [4.78, 5) is 21.5. The number of anilines is 1. The van der Waals surface area contributed by atoms with Crippen LogP contribution >= 0.6 is 0 Å². The van der Waals surface area contributed by atoms with Crippen molar-refractivity contribution in [2.45, 2.75) is 51.5 Å². The van der Waals surface area contributed by atoms with Gasteiger partial charge in [0.2, 0.25) is 0 Å². The van der Waals surface area contributed by atoms with E-state index in [-0.39, 0.29) is 17.7 Å². The fourth-order valence-corrected chi connectivity index (χ4v) is 5.25. The number of aromatic hydroxyl groups is 1. The minimum atomic E-state index is -0.105. The highest BCUT2D eigenvalue weighted by molar-refractivity contribution is 5.93. The molecule has 164 valence electrons. The van der Waals surface area contributed by atoms with Crippen LogP contribution in [0.3, 0.4) is 0 Å². The third kappa shape index (κ3) is 3.60. The highest BCUT2D eigenvalue weighted by Gasteiger charge is 2.48. The van der Waals surface area contributed by atoms with Crippen molar-refractivity contribution in [3.05, 3.63) is 60.0 Å². The van der Waals surface area contributed by atoms with Crippen molar-refractivity contribution in [1.29, 1.82) is 0 Å². The largest absolute Gasteiger partial charge is 0.508 e. The molecule has 0 atom stereocenters. The quantitative estimate of drug-likeness (QED) is 0.546. The summed E-state index contributed by atoms with van der Waals surface area (Å²) in [5.41, 5.74) is 11.9. The van der Waals surface area contributed by atoms with Gasteiger partial charge in [0.25, 0.3) is 5.91 Å². The number of nitrogens with one attached hydrogen (secondary N) is 1. The number of carbonyl (C=O) groups is 1. The monoisotopic (exact) mass is 428 g/mol. The smallest absolute Gasteiger partial charge is 0.270 e. The first-order chi connectivity index (χ1) is 15.5. The van der Waals surface area contributed by atoms with Crippen molar-refractivity contribution in [3.63, 3.8) is 0 Å². The molecule has 3 aromatic rings. The van der Waals surface area contributed by atoms with Gasteiger partial charge < -0.3 is 16.2 Å². The Morgan fingerprint density at radius 3 is 2.41 bits per heavy atom. The molecule has 5 rings (SSSR count). The second-order valence-electron chi connectivity index (χ2n) is 9.18. The average molecular weight is 429 g/mol. The Hall–Kier alpha value is -3.41. The maximum absolute atomic E-state index is 12.6. The number of aromatic nitrogens is 2. The molecule has 0 radical (unpaired) electrons. The van der Waals surface area contributed by atoms with Gasteiger partial charge in [0.15, 0.2) is 0 Å². The highest BCUT2D eigenvalue weighted by atomic mass is 16.3. The van der Waals surface area contributed by atoms with Crippen molar-refractivity contribution in [2.75, 3.05) is 5.73 Å². The minimum Gasteiger partial charge on any atom is -0.508 e. The number of rotatable bonds is 5. The van der Waals surface area contributed by atoms with E-state index in [9.17, 15) is 9.90 Å². The summed E-state index contributed by atoms with van der Waals surface area (Å²) in [6.07, 6.45) is 10.4. The van der Waals surface area contributed by atoms with Gasteiger partial charge >= 0.3 is 0 Å². The van der Waals surface area contributed by atoms with Crippen molar-refractivity contribution in [3.8, 4) is 28.0 Å². The second-order valence-corrected chi connectivity index (χ2v) is 9.18. The summed E-state index contributed by atoms with van der Waals surface area (Å²) in [7, 11) is 0. The molecule has 1 amide bonds. The van der Waals surface area contributed by atoms with Crippen molar-refractivity contribution in [2.24, 2.45) is 5.41 Å². The molecule has 0 bridgehead atoms. The van der Waals surface area contributed by atoms with Gasteiger partial charge in [-0.15, -0.1) is 0 Å². The van der Waals surface area contributed by atoms with Crippen LogP contribution in [0.4, 0.5) is 5.82 Å². The summed E-state index contributed by atoms with van der Waals surface area (Å²) in [6.45, 7) is 2.07. The standard InChI is InChI=1S/C26H28N4O2/c1-2-20-21(15-29-24(27)23(20)16-4-7-19(31)8-5-16)17-6-9-22(28-14-17)25(32)30-18-12-26(13-18)10-3-11-26/h4-9,14-15,18,31H,2-3,10-13H2,1H3,(H2,27,29)(H,30,32). The Morgan fingerprint density at radius 2 is 1.81 bits per heavy atom. The Labute approximate surface area is 187 Å². The topological polar surface area (TPSA) is 101 Å². The van der Waals surface area contributed by atoms with E-state index >= 15 is 0 Å². The lowest BCUT2D eigenvalue weighted by atomic mass is 9.54. The molecule has 2 saturated carbocycles. The minimum absolute atomic E-state index is 0.105. The molecule has 6 heteroatoms. The molecule has 2 aliphatic rings. The number of nitrogen functional groups attached to an aromatic ring is 1. The van der Waals surface area contributed by atoms with E-state index in [4.69, 9.17) is 5.73 Å². The number of benzene rings is 1. The molecule has 1 aromatic carbocycles. The van der Waals surface area contributed by atoms with Gasteiger partial charge in [-0.25, -0.2) is 4.98 Å². The van der Waals surface area contributed by atoms with Crippen LogP contribution in [-0.2, 0) is 6.42 Å². The predicted octanol–water partition coefficient (Wildman–Crippen LogP) is 4.72. The van der Waals surface area contributed by atoms with Crippen LogP contribution in [0.5, 0.6) is 5.75 Å². The molecule has 6 nitrogen and oxygen atoms in total. The van der Waals surface area contributed by atoms with Crippen molar-refractivity contribution in [1.82, 2.24) is 15.3 Å². The molecular weight excluding hydrogens is 400 g/mol. The second kappa shape index (κ2) is 7.93. The first-order valence-corrected chi connectivity index (χ1v) is 11.3. The van der Waals surface area contributed by atoms with E-state index < -0.39 is 0 Å². The van der Waals surface area contributed by atoms with E-state index in [0.29, 0.717) is 16.9 Å². The number of phenolic OH excluding ortho intramolecular Hbond substituents is 1. The molecule has 2 aliphatic carbocycles. The number of carbonyl (C=O) groups excluding carboxylic acids is 1.